The third-order valence-corrected chi connectivity index (χ3v) is 2.61. The predicted molar refractivity (Wildman–Crippen MR) is 68.5 cm³/mol. The fourth-order valence-electron chi connectivity index (χ4n) is 1.60. The third-order valence-electron chi connectivity index (χ3n) is 2.61. The topological polar surface area (TPSA) is 55.0 Å². The van der Waals surface area contributed by atoms with Crippen LogP contribution in [0.25, 0.3) is 0 Å². The molecule has 17 heavy (non-hydrogen) atoms. The molecule has 0 spiro atoms. The molecular formula is C13H16N4. The molecule has 4 heteroatoms. The van der Waals surface area contributed by atoms with Crippen molar-refractivity contribution in [3.05, 3.63) is 54.1 Å². The highest BCUT2D eigenvalue weighted by atomic mass is 15.1. The molecule has 1 heterocycles. The summed E-state index contributed by atoms with van der Waals surface area (Å²) in [6.07, 6.45) is 3.52. The monoisotopic (exact) mass is 228 g/mol. The quantitative estimate of drug-likeness (QED) is 0.863. The molecule has 4 nitrogen and oxygen atoms in total. The Labute approximate surface area is 101 Å². The maximum atomic E-state index is 5.57. The molecule has 0 aliphatic carbocycles. The second kappa shape index (κ2) is 5.41. The van der Waals surface area contributed by atoms with Crippen molar-refractivity contribution in [2.75, 3.05) is 11.9 Å². The number of nitrogens with zero attached hydrogens (tertiary/aromatic N) is 3. The molecule has 1 aromatic carbocycles. The van der Waals surface area contributed by atoms with Gasteiger partial charge < -0.3 is 10.6 Å². The standard InChI is InChI=1S/C13H16N4/c1-17(10-13-15-7-2-8-16-13)12-5-3-11(9-14)4-6-12/h2-8H,9-10,14H2,1H3. The molecule has 0 fully saturated rings. The largest absolute Gasteiger partial charge is 0.367 e. The van der Waals surface area contributed by atoms with E-state index in [1.165, 1.54) is 0 Å². The van der Waals surface area contributed by atoms with Gasteiger partial charge in [-0.1, -0.05) is 12.1 Å². The van der Waals surface area contributed by atoms with Gasteiger partial charge in [0.25, 0.3) is 0 Å². The minimum Gasteiger partial charge on any atom is -0.367 e. The van der Waals surface area contributed by atoms with Crippen LogP contribution in [0.3, 0.4) is 0 Å². The Morgan fingerprint density at radius 2 is 1.76 bits per heavy atom. The lowest BCUT2D eigenvalue weighted by Crippen LogP contribution is -2.18. The summed E-state index contributed by atoms with van der Waals surface area (Å²) in [5.74, 6) is 0.818. The Morgan fingerprint density at radius 3 is 2.35 bits per heavy atom. The van der Waals surface area contributed by atoms with E-state index in [0.29, 0.717) is 13.1 Å². The van der Waals surface area contributed by atoms with Gasteiger partial charge in [0.1, 0.15) is 5.82 Å². The Morgan fingerprint density at radius 1 is 1.12 bits per heavy atom. The number of nitrogens with two attached hydrogens (primary N) is 1. The highest BCUT2D eigenvalue weighted by Gasteiger charge is 2.03. The van der Waals surface area contributed by atoms with Crippen LogP contribution >= 0.6 is 0 Å². The van der Waals surface area contributed by atoms with Crippen molar-refractivity contribution in [2.24, 2.45) is 5.73 Å². The summed E-state index contributed by atoms with van der Waals surface area (Å²) in [7, 11) is 2.02. The number of benzene rings is 1. The van der Waals surface area contributed by atoms with Crippen molar-refractivity contribution in [3.63, 3.8) is 0 Å². The average Bonchev–Trinajstić information content (AvgIpc) is 2.40. The number of rotatable bonds is 4. The molecule has 1 aromatic heterocycles. The first-order valence-corrected chi connectivity index (χ1v) is 5.55. The Bertz CT molecular complexity index is 453. The molecule has 2 aromatic rings. The molecule has 0 aliphatic rings. The fourth-order valence-corrected chi connectivity index (χ4v) is 1.60. The van der Waals surface area contributed by atoms with Crippen LogP contribution in [-0.2, 0) is 13.1 Å². The first-order valence-electron chi connectivity index (χ1n) is 5.55. The predicted octanol–water partition coefficient (Wildman–Crippen LogP) is 1.57. The second-order valence-electron chi connectivity index (χ2n) is 3.89. The summed E-state index contributed by atoms with van der Waals surface area (Å²) in [5.41, 5.74) is 7.84. The second-order valence-corrected chi connectivity index (χ2v) is 3.89. The minimum absolute atomic E-state index is 0.575. The van der Waals surface area contributed by atoms with Crippen LogP contribution in [0.1, 0.15) is 11.4 Å². The Kier molecular flexibility index (Phi) is 3.67. The van der Waals surface area contributed by atoms with Gasteiger partial charge >= 0.3 is 0 Å². The first-order chi connectivity index (χ1) is 8.29. The van der Waals surface area contributed by atoms with Crippen LogP contribution in [0, 0.1) is 0 Å². The fraction of sp³-hybridized carbons (Fsp3) is 0.231. The zero-order valence-corrected chi connectivity index (χ0v) is 9.87. The molecule has 0 bridgehead atoms. The maximum absolute atomic E-state index is 5.57. The van der Waals surface area contributed by atoms with E-state index in [-0.39, 0.29) is 0 Å². The number of hydrogen-bond donors (Lipinski definition) is 1. The molecule has 0 radical (unpaired) electrons. The van der Waals surface area contributed by atoms with Gasteiger partial charge in [0.2, 0.25) is 0 Å². The van der Waals surface area contributed by atoms with Crippen molar-refractivity contribution in [1.29, 1.82) is 0 Å². The van der Waals surface area contributed by atoms with Gasteiger partial charge in [0.05, 0.1) is 6.54 Å². The van der Waals surface area contributed by atoms with E-state index in [4.69, 9.17) is 5.73 Å². The van der Waals surface area contributed by atoms with Gasteiger partial charge in [0.15, 0.2) is 0 Å². The lowest BCUT2D eigenvalue weighted by Gasteiger charge is -2.18. The number of anilines is 1. The molecular weight excluding hydrogens is 212 g/mol. The summed E-state index contributed by atoms with van der Waals surface area (Å²) in [5, 5.41) is 0. The minimum atomic E-state index is 0.575. The van der Waals surface area contributed by atoms with E-state index in [0.717, 1.165) is 17.1 Å². The lowest BCUT2D eigenvalue weighted by molar-refractivity contribution is 0.837. The molecule has 2 N–H and O–H groups in total. The van der Waals surface area contributed by atoms with E-state index in [1.807, 2.05) is 25.2 Å². The van der Waals surface area contributed by atoms with Crippen LogP contribution in [-0.4, -0.2) is 17.0 Å². The molecule has 0 unspecified atom stereocenters. The smallest absolute Gasteiger partial charge is 0.147 e. The van der Waals surface area contributed by atoms with Gasteiger partial charge in [-0.15, -0.1) is 0 Å². The average molecular weight is 228 g/mol. The summed E-state index contributed by atoms with van der Waals surface area (Å²) in [4.78, 5) is 10.5. The zero-order chi connectivity index (χ0) is 12.1. The van der Waals surface area contributed by atoms with E-state index >= 15 is 0 Å². The van der Waals surface area contributed by atoms with Gasteiger partial charge in [-0.2, -0.15) is 0 Å². The number of aromatic nitrogens is 2. The van der Waals surface area contributed by atoms with Gasteiger partial charge in [-0.3, -0.25) is 0 Å². The van der Waals surface area contributed by atoms with Gasteiger partial charge in [0, 0.05) is 31.7 Å². The summed E-state index contributed by atoms with van der Waals surface area (Å²) in [6, 6.07) is 10.0. The molecule has 0 saturated carbocycles. The molecule has 0 amide bonds. The number of hydrogen-bond acceptors (Lipinski definition) is 4. The van der Waals surface area contributed by atoms with Crippen molar-refractivity contribution in [3.8, 4) is 0 Å². The first kappa shape index (κ1) is 11.5. The van der Waals surface area contributed by atoms with Crippen molar-refractivity contribution < 1.29 is 0 Å². The highest BCUT2D eigenvalue weighted by Crippen LogP contribution is 2.14. The van der Waals surface area contributed by atoms with Crippen LogP contribution in [0.15, 0.2) is 42.7 Å². The van der Waals surface area contributed by atoms with Gasteiger partial charge in [-0.05, 0) is 23.8 Å². The summed E-state index contributed by atoms with van der Waals surface area (Å²) >= 11 is 0. The van der Waals surface area contributed by atoms with Crippen LogP contribution in [0.2, 0.25) is 0 Å². The molecule has 2 rings (SSSR count). The Hall–Kier alpha value is -1.94. The van der Waals surface area contributed by atoms with E-state index in [1.54, 1.807) is 12.4 Å². The molecule has 88 valence electrons. The molecule has 0 aliphatic heterocycles. The van der Waals surface area contributed by atoms with Crippen molar-refractivity contribution in [1.82, 2.24) is 9.97 Å². The lowest BCUT2D eigenvalue weighted by atomic mass is 10.2. The zero-order valence-electron chi connectivity index (χ0n) is 9.87. The van der Waals surface area contributed by atoms with E-state index < -0.39 is 0 Å². The SMILES string of the molecule is CN(Cc1ncccn1)c1ccc(CN)cc1. The van der Waals surface area contributed by atoms with E-state index in [2.05, 4.69) is 27.0 Å². The third kappa shape index (κ3) is 3.01. The van der Waals surface area contributed by atoms with Crippen LogP contribution in [0.4, 0.5) is 5.69 Å². The van der Waals surface area contributed by atoms with Crippen molar-refractivity contribution >= 4 is 5.69 Å². The molecule has 0 atom stereocenters. The molecule has 0 saturated heterocycles. The normalized spacial score (nSPS) is 10.2. The van der Waals surface area contributed by atoms with Gasteiger partial charge in [-0.25, -0.2) is 9.97 Å². The summed E-state index contributed by atoms with van der Waals surface area (Å²) in [6.45, 7) is 1.27. The van der Waals surface area contributed by atoms with Crippen molar-refractivity contribution in [2.45, 2.75) is 13.1 Å². The Balaban J connectivity index is 2.06. The van der Waals surface area contributed by atoms with E-state index in [9.17, 15) is 0 Å². The highest BCUT2D eigenvalue weighted by molar-refractivity contribution is 5.46. The summed E-state index contributed by atoms with van der Waals surface area (Å²) < 4.78 is 0. The van der Waals surface area contributed by atoms with Crippen LogP contribution < -0.4 is 10.6 Å². The van der Waals surface area contributed by atoms with Crippen LogP contribution in [0.5, 0.6) is 0 Å². The maximum Gasteiger partial charge on any atom is 0.147 e.